The minimum atomic E-state index is -0.508. The molecule has 31 heavy (non-hydrogen) atoms. The number of rotatable bonds is 9. The van der Waals surface area contributed by atoms with E-state index in [-0.39, 0.29) is 17.9 Å². The van der Waals surface area contributed by atoms with Gasteiger partial charge in [-0.15, -0.1) is 0 Å². The van der Waals surface area contributed by atoms with Gasteiger partial charge in [0.05, 0.1) is 0 Å². The maximum atomic E-state index is 13.3. The first-order valence-corrected chi connectivity index (χ1v) is 11.1. The van der Waals surface area contributed by atoms with Crippen molar-refractivity contribution < 1.29 is 9.59 Å². The Labute approximate surface area is 185 Å². The maximum absolute atomic E-state index is 13.3. The summed E-state index contributed by atoms with van der Waals surface area (Å²) in [5, 5.41) is 5.30. The van der Waals surface area contributed by atoms with E-state index in [4.69, 9.17) is 0 Å². The van der Waals surface area contributed by atoms with Crippen LogP contribution in [0, 0.1) is 0 Å². The van der Waals surface area contributed by atoms with Gasteiger partial charge in [0.15, 0.2) is 0 Å². The monoisotopic (exact) mass is 416 g/mol. The molecule has 162 valence electrons. The standard InChI is InChI=1S/C27H32N2O2/c1-20(2)28-27(31)21(3)29(19-18-22-10-5-4-6-11-22)26(30)17-16-24-14-9-13-23-12-7-8-15-25(23)24/h4-15,20-21H,16-19H2,1-3H3,(H,28,31). The van der Waals surface area contributed by atoms with Gasteiger partial charge in [0.1, 0.15) is 6.04 Å². The van der Waals surface area contributed by atoms with Crippen molar-refractivity contribution in [2.45, 2.75) is 52.1 Å². The Balaban J connectivity index is 1.73. The van der Waals surface area contributed by atoms with Crippen LogP contribution in [0.1, 0.15) is 38.3 Å². The van der Waals surface area contributed by atoms with Crippen LogP contribution in [-0.4, -0.2) is 35.3 Å². The Morgan fingerprint density at radius 2 is 1.52 bits per heavy atom. The van der Waals surface area contributed by atoms with Crippen LogP contribution in [0.15, 0.2) is 72.8 Å². The van der Waals surface area contributed by atoms with Gasteiger partial charge in [-0.25, -0.2) is 0 Å². The van der Waals surface area contributed by atoms with Crippen molar-refractivity contribution in [1.29, 1.82) is 0 Å². The highest BCUT2D eigenvalue weighted by Gasteiger charge is 2.26. The fourth-order valence-electron chi connectivity index (χ4n) is 3.87. The van der Waals surface area contributed by atoms with E-state index < -0.39 is 6.04 Å². The summed E-state index contributed by atoms with van der Waals surface area (Å²) in [5.41, 5.74) is 2.32. The van der Waals surface area contributed by atoms with E-state index in [0.29, 0.717) is 19.4 Å². The van der Waals surface area contributed by atoms with Gasteiger partial charge in [-0.1, -0.05) is 72.8 Å². The van der Waals surface area contributed by atoms with Gasteiger partial charge in [-0.3, -0.25) is 9.59 Å². The van der Waals surface area contributed by atoms with Crippen molar-refractivity contribution >= 4 is 22.6 Å². The second-order valence-corrected chi connectivity index (χ2v) is 8.30. The molecule has 0 saturated heterocycles. The molecule has 4 nitrogen and oxygen atoms in total. The molecule has 0 fully saturated rings. The van der Waals surface area contributed by atoms with Crippen LogP contribution in [0.5, 0.6) is 0 Å². The minimum absolute atomic E-state index is 0.00951. The summed E-state index contributed by atoms with van der Waals surface area (Å²) in [6.07, 6.45) is 1.75. The molecule has 0 spiro atoms. The van der Waals surface area contributed by atoms with Crippen molar-refractivity contribution in [2.75, 3.05) is 6.54 Å². The van der Waals surface area contributed by atoms with Crippen molar-refractivity contribution in [3.63, 3.8) is 0 Å². The van der Waals surface area contributed by atoms with Crippen molar-refractivity contribution in [3.05, 3.63) is 83.9 Å². The Morgan fingerprint density at radius 3 is 2.26 bits per heavy atom. The number of carbonyl (C=O) groups excluding carboxylic acids is 2. The van der Waals surface area contributed by atoms with E-state index in [0.717, 1.165) is 17.5 Å². The molecule has 3 aromatic carbocycles. The predicted molar refractivity (Wildman–Crippen MR) is 127 cm³/mol. The maximum Gasteiger partial charge on any atom is 0.242 e. The number of nitrogens with one attached hydrogen (secondary N) is 1. The van der Waals surface area contributed by atoms with E-state index >= 15 is 0 Å². The zero-order chi connectivity index (χ0) is 22.2. The van der Waals surface area contributed by atoms with Gasteiger partial charge in [0.2, 0.25) is 11.8 Å². The van der Waals surface area contributed by atoms with Crippen LogP contribution in [0.25, 0.3) is 10.8 Å². The molecular formula is C27H32N2O2. The number of hydrogen-bond donors (Lipinski definition) is 1. The number of amides is 2. The van der Waals surface area contributed by atoms with Crippen LogP contribution < -0.4 is 5.32 Å². The molecule has 0 aliphatic carbocycles. The Hall–Kier alpha value is -3.14. The molecule has 0 aliphatic heterocycles. The number of carbonyl (C=O) groups is 2. The van der Waals surface area contributed by atoms with Crippen molar-refractivity contribution in [2.24, 2.45) is 0 Å². The lowest BCUT2D eigenvalue weighted by Gasteiger charge is -2.29. The summed E-state index contributed by atoms with van der Waals surface area (Å²) in [6, 6.07) is 24.1. The summed E-state index contributed by atoms with van der Waals surface area (Å²) in [6.45, 7) is 6.20. The number of hydrogen-bond acceptors (Lipinski definition) is 2. The van der Waals surface area contributed by atoms with Crippen LogP contribution in [0.2, 0.25) is 0 Å². The SMILES string of the molecule is CC(C)NC(=O)C(C)N(CCc1ccccc1)C(=O)CCc1cccc2ccccc12. The Bertz CT molecular complexity index is 1010. The third-order valence-corrected chi connectivity index (χ3v) is 5.57. The molecular weight excluding hydrogens is 384 g/mol. The molecule has 0 radical (unpaired) electrons. The molecule has 1 N–H and O–H groups in total. The van der Waals surface area contributed by atoms with Gasteiger partial charge in [0, 0.05) is 19.0 Å². The number of fused-ring (bicyclic) bond motifs is 1. The average molecular weight is 417 g/mol. The van der Waals surface area contributed by atoms with Crippen molar-refractivity contribution in [1.82, 2.24) is 10.2 Å². The second-order valence-electron chi connectivity index (χ2n) is 8.30. The molecule has 2 amide bonds. The lowest BCUT2D eigenvalue weighted by atomic mass is 10.0. The van der Waals surface area contributed by atoms with Gasteiger partial charge in [-0.05, 0) is 55.5 Å². The molecule has 1 atom stereocenters. The molecule has 0 aliphatic rings. The third kappa shape index (κ3) is 6.17. The summed E-state index contributed by atoms with van der Waals surface area (Å²) < 4.78 is 0. The first kappa shape index (κ1) is 22.5. The van der Waals surface area contributed by atoms with Crippen LogP contribution in [0.4, 0.5) is 0 Å². The average Bonchev–Trinajstić information content (AvgIpc) is 2.77. The summed E-state index contributed by atoms with van der Waals surface area (Å²) in [5.74, 6) is -0.100. The predicted octanol–water partition coefficient (Wildman–Crippen LogP) is 4.76. The van der Waals surface area contributed by atoms with E-state index in [1.54, 1.807) is 4.90 Å². The fourth-order valence-corrected chi connectivity index (χ4v) is 3.87. The van der Waals surface area contributed by atoms with Crippen LogP contribution in [0.3, 0.4) is 0 Å². The van der Waals surface area contributed by atoms with E-state index in [9.17, 15) is 9.59 Å². The number of benzene rings is 3. The molecule has 4 heteroatoms. The summed E-state index contributed by atoms with van der Waals surface area (Å²) in [4.78, 5) is 27.6. The van der Waals surface area contributed by atoms with Gasteiger partial charge < -0.3 is 10.2 Å². The highest BCUT2D eigenvalue weighted by molar-refractivity contribution is 5.89. The highest BCUT2D eigenvalue weighted by atomic mass is 16.2. The van der Waals surface area contributed by atoms with E-state index in [1.807, 2.05) is 57.2 Å². The zero-order valence-electron chi connectivity index (χ0n) is 18.7. The van der Waals surface area contributed by atoms with Crippen LogP contribution in [-0.2, 0) is 22.4 Å². The molecule has 0 saturated carbocycles. The van der Waals surface area contributed by atoms with Gasteiger partial charge >= 0.3 is 0 Å². The number of aryl methyl sites for hydroxylation is 1. The molecule has 0 bridgehead atoms. The largest absolute Gasteiger partial charge is 0.352 e. The molecule has 0 heterocycles. The third-order valence-electron chi connectivity index (χ3n) is 5.57. The first-order valence-electron chi connectivity index (χ1n) is 11.1. The Morgan fingerprint density at radius 1 is 0.839 bits per heavy atom. The lowest BCUT2D eigenvalue weighted by Crippen LogP contribution is -2.50. The zero-order valence-corrected chi connectivity index (χ0v) is 18.7. The van der Waals surface area contributed by atoms with E-state index in [1.165, 1.54) is 10.8 Å². The van der Waals surface area contributed by atoms with Crippen molar-refractivity contribution in [3.8, 4) is 0 Å². The van der Waals surface area contributed by atoms with Gasteiger partial charge in [0.25, 0.3) is 0 Å². The highest BCUT2D eigenvalue weighted by Crippen LogP contribution is 2.20. The van der Waals surface area contributed by atoms with E-state index in [2.05, 4.69) is 41.7 Å². The molecule has 0 aromatic heterocycles. The van der Waals surface area contributed by atoms with Gasteiger partial charge in [-0.2, -0.15) is 0 Å². The molecule has 1 unspecified atom stereocenters. The smallest absolute Gasteiger partial charge is 0.242 e. The summed E-state index contributed by atoms with van der Waals surface area (Å²) >= 11 is 0. The topological polar surface area (TPSA) is 49.4 Å². The van der Waals surface area contributed by atoms with Crippen LogP contribution >= 0.6 is 0 Å². The molecule has 3 aromatic rings. The minimum Gasteiger partial charge on any atom is -0.352 e. The summed E-state index contributed by atoms with van der Waals surface area (Å²) in [7, 11) is 0. The first-order chi connectivity index (χ1) is 15.0. The second kappa shape index (κ2) is 10.8. The number of nitrogens with zero attached hydrogens (tertiary/aromatic N) is 1. The Kier molecular flexibility index (Phi) is 7.82. The lowest BCUT2D eigenvalue weighted by molar-refractivity contribution is -0.140. The molecule has 3 rings (SSSR count). The quantitative estimate of drug-likeness (QED) is 0.547. The normalized spacial score (nSPS) is 12.0. The fraction of sp³-hybridized carbons (Fsp3) is 0.333.